The molecule has 1 unspecified atom stereocenters. The van der Waals surface area contributed by atoms with Crippen LogP contribution in [0, 0.1) is 0 Å². The summed E-state index contributed by atoms with van der Waals surface area (Å²) >= 11 is -2.86. The maximum absolute atomic E-state index is 9.63. The first-order chi connectivity index (χ1) is 5.44. The van der Waals surface area contributed by atoms with Crippen LogP contribution in [-0.4, -0.2) is 32.9 Å². The second kappa shape index (κ2) is 8.48. The van der Waals surface area contributed by atoms with Crippen LogP contribution in [0.5, 0.6) is 0 Å². The van der Waals surface area contributed by atoms with E-state index in [1.54, 1.807) is 0 Å². The Bertz CT molecular complexity index is 223. The fourth-order valence-corrected chi connectivity index (χ4v) is 1.25. The summed E-state index contributed by atoms with van der Waals surface area (Å²) in [6.45, 7) is 0. The third kappa shape index (κ3) is 37.7. The molecular weight excluding hydrogens is 277 g/mol. The molecule has 10 nitrogen and oxygen atoms in total. The van der Waals surface area contributed by atoms with Crippen LogP contribution in [0.25, 0.3) is 0 Å². The fourth-order valence-electron chi connectivity index (χ4n) is 0.139. The zero-order valence-corrected chi connectivity index (χ0v) is 11.2. The molecule has 0 aromatic carbocycles. The van der Waals surface area contributed by atoms with Crippen molar-refractivity contribution in [2.75, 3.05) is 0 Å². The largest absolute Gasteiger partial charge is 1.00 e. The maximum atomic E-state index is 9.63. The molecule has 0 spiro atoms. The van der Waals surface area contributed by atoms with Crippen molar-refractivity contribution in [3.8, 4) is 0 Å². The summed E-state index contributed by atoms with van der Waals surface area (Å²) in [5.74, 6) is 0. The Morgan fingerprint density at radius 1 is 1.07 bits per heavy atom. The quantitative estimate of drug-likeness (QED) is 0.188. The summed E-state index contributed by atoms with van der Waals surface area (Å²) in [7, 11) is -10.1. The van der Waals surface area contributed by atoms with Crippen molar-refractivity contribution < 1.29 is 75.9 Å². The number of rotatable bonds is 2. The van der Waals surface area contributed by atoms with Crippen LogP contribution in [0.1, 0.15) is 0 Å². The van der Waals surface area contributed by atoms with E-state index in [1.165, 1.54) is 0 Å². The molecule has 0 fully saturated rings. The average Bonchev–Trinajstić information content (AvgIpc) is 1.47. The van der Waals surface area contributed by atoms with Gasteiger partial charge >= 0.3 is 45.2 Å². The van der Waals surface area contributed by atoms with Gasteiger partial charge in [-0.1, -0.05) is 0 Å². The monoisotopic (exact) mass is 282 g/mol. The zero-order valence-electron chi connectivity index (χ0n) is 6.58. The summed E-state index contributed by atoms with van der Waals surface area (Å²) < 4.78 is 46.3. The van der Waals surface area contributed by atoms with E-state index < -0.39 is 27.0 Å². The van der Waals surface area contributed by atoms with Crippen LogP contribution in [-0.2, 0) is 24.8 Å². The van der Waals surface area contributed by atoms with Gasteiger partial charge in [0.1, 0.15) is 0 Å². The van der Waals surface area contributed by atoms with Gasteiger partial charge in [0.2, 0.25) is 0 Å². The van der Waals surface area contributed by atoms with E-state index >= 15 is 0 Å². The molecule has 0 amide bonds. The van der Waals surface area contributed by atoms with E-state index in [1.807, 2.05) is 0 Å². The minimum absolute atomic E-state index is 0. The van der Waals surface area contributed by atoms with E-state index in [4.69, 9.17) is 32.9 Å². The van der Waals surface area contributed by atoms with E-state index in [9.17, 15) is 9.13 Å². The minimum Gasteiger partial charge on any atom is -0.750 e. The van der Waals surface area contributed by atoms with Gasteiger partial charge in [-0.15, -0.1) is 0 Å². The number of hydrogen-bond donors (Lipinski definition) is 5. The fraction of sp³-hybridized carbons (Fsp3) is 0. The van der Waals surface area contributed by atoms with Crippen molar-refractivity contribution in [2.24, 2.45) is 0 Å². The van der Waals surface area contributed by atoms with Gasteiger partial charge < -0.3 is 28.7 Å². The molecule has 0 aliphatic carbocycles. The van der Waals surface area contributed by atoms with Crippen LogP contribution >= 0.6 is 15.6 Å². The van der Waals surface area contributed by atoms with E-state index in [2.05, 4.69) is 4.31 Å². The molecule has 0 aliphatic heterocycles. The Morgan fingerprint density at radius 3 is 1.21 bits per heavy atom. The van der Waals surface area contributed by atoms with Crippen molar-refractivity contribution in [1.82, 2.24) is 0 Å². The predicted octanol–water partition coefficient (Wildman–Crippen LogP) is -4.47. The number of phosphoric acid groups is 2. The van der Waals surface area contributed by atoms with E-state index in [0.29, 0.717) is 0 Å². The Kier molecular flexibility index (Phi) is 12.5. The molecule has 0 aromatic heterocycles. The predicted molar refractivity (Wildman–Crippen MR) is 36.7 cm³/mol. The van der Waals surface area contributed by atoms with Crippen LogP contribution in [0.3, 0.4) is 0 Å². The SMILES string of the molecule is O=P(O)(O)OP(=O)(O)O.O=S([O-])O.[Na+]. The van der Waals surface area contributed by atoms with E-state index in [0.717, 1.165) is 0 Å². The van der Waals surface area contributed by atoms with Gasteiger partial charge in [-0.2, -0.15) is 4.31 Å². The summed E-state index contributed by atoms with van der Waals surface area (Å²) in [5, 5.41) is 0. The molecule has 14 heavy (non-hydrogen) atoms. The molecule has 0 saturated heterocycles. The van der Waals surface area contributed by atoms with Gasteiger partial charge in [-0.3, -0.25) is 0 Å². The Labute approximate surface area is 103 Å². The number of hydrogen-bond acceptors (Lipinski definition) is 5. The van der Waals surface area contributed by atoms with Gasteiger partial charge in [-0.25, -0.2) is 13.3 Å². The Balaban J connectivity index is -0.000000209. The summed E-state index contributed by atoms with van der Waals surface area (Å²) in [6.07, 6.45) is 0. The topological polar surface area (TPSA) is 185 Å². The van der Waals surface area contributed by atoms with Crippen LogP contribution < -0.4 is 29.6 Å². The van der Waals surface area contributed by atoms with Crippen LogP contribution in [0.4, 0.5) is 0 Å². The molecular formula is H5NaO10P2S. The second-order valence-electron chi connectivity index (χ2n) is 1.28. The van der Waals surface area contributed by atoms with Crippen molar-refractivity contribution in [2.45, 2.75) is 0 Å². The van der Waals surface area contributed by atoms with Gasteiger partial charge in [-0.05, 0) is 0 Å². The van der Waals surface area contributed by atoms with Crippen molar-refractivity contribution >= 4 is 27.0 Å². The first-order valence-corrected chi connectivity index (χ1v) is 6.14. The standard InChI is InChI=1S/Na.H4O7P2.H2O3S/c;1-8(2,3)7-9(4,5)6;1-4(2)3/h;(H2,1,2,3)(H2,4,5,6);(H2,1,2,3)/q+1;;/p-1. The van der Waals surface area contributed by atoms with Gasteiger partial charge in [0, 0.05) is 0 Å². The third-order valence-corrected chi connectivity index (χ3v) is 1.91. The second-order valence-corrected chi connectivity index (χ2v) is 4.33. The first kappa shape index (κ1) is 20.7. The van der Waals surface area contributed by atoms with Crippen molar-refractivity contribution in [1.29, 1.82) is 0 Å². The van der Waals surface area contributed by atoms with Crippen LogP contribution in [0.2, 0.25) is 0 Å². The summed E-state index contributed by atoms with van der Waals surface area (Å²) in [6, 6.07) is 0. The molecule has 0 saturated carbocycles. The normalized spacial score (nSPS) is 13.3. The Hall–Kier alpha value is 1.33. The van der Waals surface area contributed by atoms with Crippen molar-refractivity contribution in [3.63, 3.8) is 0 Å². The molecule has 0 aliphatic rings. The van der Waals surface area contributed by atoms with Gasteiger partial charge in [0.05, 0.1) is 11.4 Å². The maximum Gasteiger partial charge on any atom is 1.00 e. The Morgan fingerprint density at radius 2 is 1.21 bits per heavy atom. The molecule has 14 heteroatoms. The average molecular weight is 282 g/mol. The minimum atomic E-state index is -5.05. The summed E-state index contributed by atoms with van der Waals surface area (Å²) in [5.41, 5.74) is 0. The molecule has 0 aromatic rings. The zero-order chi connectivity index (χ0) is 11.3. The molecule has 1 atom stereocenters. The molecule has 0 bridgehead atoms. The molecule has 0 rings (SSSR count). The molecule has 0 radical (unpaired) electrons. The van der Waals surface area contributed by atoms with Gasteiger partial charge in [0.15, 0.2) is 0 Å². The smallest absolute Gasteiger partial charge is 0.750 e. The van der Waals surface area contributed by atoms with E-state index in [-0.39, 0.29) is 29.6 Å². The van der Waals surface area contributed by atoms with Crippen molar-refractivity contribution in [3.05, 3.63) is 0 Å². The van der Waals surface area contributed by atoms with Gasteiger partial charge in [0.25, 0.3) is 0 Å². The molecule has 82 valence electrons. The first-order valence-electron chi connectivity index (χ1n) is 2.05. The molecule has 0 heterocycles. The summed E-state index contributed by atoms with van der Waals surface area (Å²) in [4.78, 5) is 31.0. The third-order valence-electron chi connectivity index (χ3n) is 0.213. The van der Waals surface area contributed by atoms with Crippen LogP contribution in [0.15, 0.2) is 0 Å². The molecule has 5 N–H and O–H groups in total.